The Morgan fingerprint density at radius 2 is 1.49 bits per heavy atom. The average molecular weight is 558 g/mol. The molecule has 1 aliphatic heterocycles. The molecule has 5 rings (SSSR count). The number of ether oxygens (including phenoxy) is 3. The molecule has 2 aromatic heterocycles. The highest BCUT2D eigenvalue weighted by molar-refractivity contribution is 5.64. The SMILES string of the molecule is COc1ccc(CN(Cc2ccc(OC)cc2)c2cc(-c3cc(C(C)N4CCOCC4)cnc3F)nc(C)n2)cc1. The Kier molecular flexibility index (Phi) is 9.06. The molecule has 1 saturated heterocycles. The summed E-state index contributed by atoms with van der Waals surface area (Å²) < 4.78 is 31.4. The van der Waals surface area contributed by atoms with Crippen molar-refractivity contribution in [1.82, 2.24) is 19.9 Å². The van der Waals surface area contributed by atoms with E-state index in [2.05, 4.69) is 26.7 Å². The number of aromatic nitrogens is 3. The predicted octanol–water partition coefficient (Wildman–Crippen LogP) is 5.60. The molecule has 0 radical (unpaired) electrons. The van der Waals surface area contributed by atoms with Crippen molar-refractivity contribution in [1.29, 1.82) is 0 Å². The van der Waals surface area contributed by atoms with E-state index in [9.17, 15) is 0 Å². The normalized spacial score (nSPS) is 14.5. The van der Waals surface area contributed by atoms with Crippen LogP contribution >= 0.6 is 0 Å². The van der Waals surface area contributed by atoms with Crippen molar-refractivity contribution < 1.29 is 18.6 Å². The Labute approximate surface area is 240 Å². The number of anilines is 1. The van der Waals surface area contributed by atoms with E-state index >= 15 is 4.39 Å². The minimum Gasteiger partial charge on any atom is -0.497 e. The van der Waals surface area contributed by atoms with Crippen molar-refractivity contribution in [2.45, 2.75) is 33.0 Å². The largest absolute Gasteiger partial charge is 0.497 e. The standard InChI is InChI=1S/C32H36FN5O3/c1-22(37-13-15-41-16-14-37)26-17-29(32(33)34-19-26)30-18-31(36-23(2)35-30)38(20-24-5-9-27(39-3)10-6-24)21-25-7-11-28(40-4)12-8-25/h5-12,17-19,22H,13-16,20-21H2,1-4H3. The van der Waals surface area contributed by atoms with Crippen molar-refractivity contribution >= 4 is 5.82 Å². The molecular formula is C32H36FN5O3. The van der Waals surface area contributed by atoms with E-state index in [0.29, 0.717) is 49.2 Å². The van der Waals surface area contributed by atoms with Gasteiger partial charge < -0.3 is 19.1 Å². The van der Waals surface area contributed by atoms with Gasteiger partial charge in [-0.2, -0.15) is 4.39 Å². The third-order valence-electron chi connectivity index (χ3n) is 7.43. The highest BCUT2D eigenvalue weighted by Crippen LogP contribution is 2.30. The van der Waals surface area contributed by atoms with E-state index in [1.165, 1.54) is 0 Å². The van der Waals surface area contributed by atoms with Crippen LogP contribution in [0.25, 0.3) is 11.3 Å². The second kappa shape index (κ2) is 13.1. The van der Waals surface area contributed by atoms with E-state index < -0.39 is 5.95 Å². The van der Waals surface area contributed by atoms with E-state index in [-0.39, 0.29) is 6.04 Å². The zero-order valence-electron chi connectivity index (χ0n) is 24.0. The molecule has 0 bridgehead atoms. The summed E-state index contributed by atoms with van der Waals surface area (Å²) in [5.74, 6) is 2.29. The fourth-order valence-electron chi connectivity index (χ4n) is 5.02. The fourth-order valence-corrected chi connectivity index (χ4v) is 5.02. The Bertz CT molecular complexity index is 1390. The van der Waals surface area contributed by atoms with Gasteiger partial charge in [-0.15, -0.1) is 0 Å². The van der Waals surface area contributed by atoms with Gasteiger partial charge in [-0.3, -0.25) is 4.90 Å². The Hall–Kier alpha value is -4.08. The molecule has 3 heterocycles. The Morgan fingerprint density at radius 3 is 2.05 bits per heavy atom. The summed E-state index contributed by atoms with van der Waals surface area (Å²) in [6.45, 7) is 8.16. The molecule has 41 heavy (non-hydrogen) atoms. The van der Waals surface area contributed by atoms with Crippen LogP contribution in [-0.2, 0) is 17.8 Å². The first-order chi connectivity index (χ1) is 19.9. The molecule has 1 atom stereocenters. The number of benzene rings is 2. The molecular weight excluding hydrogens is 521 g/mol. The molecule has 4 aromatic rings. The maximum Gasteiger partial charge on any atom is 0.222 e. The molecule has 214 valence electrons. The van der Waals surface area contributed by atoms with E-state index in [4.69, 9.17) is 19.2 Å². The zero-order valence-corrected chi connectivity index (χ0v) is 24.0. The number of morpholine rings is 1. The van der Waals surface area contributed by atoms with Gasteiger partial charge >= 0.3 is 0 Å². The smallest absolute Gasteiger partial charge is 0.222 e. The minimum atomic E-state index is -0.552. The first-order valence-corrected chi connectivity index (χ1v) is 13.8. The van der Waals surface area contributed by atoms with Crippen LogP contribution in [0.5, 0.6) is 11.5 Å². The zero-order chi connectivity index (χ0) is 28.8. The number of rotatable bonds is 10. The van der Waals surface area contributed by atoms with Crippen LogP contribution < -0.4 is 14.4 Å². The molecule has 1 fully saturated rings. The number of pyridine rings is 1. The molecule has 1 aliphatic rings. The molecule has 0 aliphatic carbocycles. The molecule has 2 aromatic carbocycles. The van der Waals surface area contributed by atoms with Gasteiger partial charge in [0.1, 0.15) is 23.1 Å². The molecule has 1 unspecified atom stereocenters. The van der Waals surface area contributed by atoms with Gasteiger partial charge in [0.25, 0.3) is 0 Å². The number of halogens is 1. The average Bonchev–Trinajstić information content (AvgIpc) is 3.01. The molecule has 9 heteroatoms. The summed E-state index contributed by atoms with van der Waals surface area (Å²) in [5.41, 5.74) is 3.98. The number of hydrogen-bond acceptors (Lipinski definition) is 8. The second-order valence-electron chi connectivity index (χ2n) is 10.1. The van der Waals surface area contributed by atoms with E-state index in [1.54, 1.807) is 20.4 Å². The highest BCUT2D eigenvalue weighted by atomic mass is 19.1. The van der Waals surface area contributed by atoms with Crippen molar-refractivity contribution in [3.8, 4) is 22.8 Å². The predicted molar refractivity (Wildman–Crippen MR) is 157 cm³/mol. The third-order valence-corrected chi connectivity index (χ3v) is 7.43. The first kappa shape index (κ1) is 28.4. The van der Waals surface area contributed by atoms with Crippen LogP contribution in [0.1, 0.15) is 35.5 Å². The molecule has 0 saturated carbocycles. The number of nitrogens with zero attached hydrogens (tertiary/aromatic N) is 5. The monoisotopic (exact) mass is 557 g/mol. The van der Waals surface area contributed by atoms with Gasteiger partial charge in [0, 0.05) is 44.5 Å². The summed E-state index contributed by atoms with van der Waals surface area (Å²) in [6, 6.07) is 19.7. The van der Waals surface area contributed by atoms with Crippen LogP contribution in [0.15, 0.2) is 66.9 Å². The van der Waals surface area contributed by atoms with Crippen molar-refractivity contribution in [2.75, 3.05) is 45.4 Å². The lowest BCUT2D eigenvalue weighted by molar-refractivity contribution is 0.0198. The van der Waals surface area contributed by atoms with E-state index in [1.807, 2.05) is 67.6 Å². The quantitative estimate of drug-likeness (QED) is 0.233. The summed E-state index contributed by atoms with van der Waals surface area (Å²) >= 11 is 0. The van der Waals surface area contributed by atoms with Gasteiger partial charge in [-0.05, 0) is 60.9 Å². The van der Waals surface area contributed by atoms with Gasteiger partial charge in [0.05, 0.1) is 38.7 Å². The van der Waals surface area contributed by atoms with Crippen LogP contribution in [0.4, 0.5) is 10.2 Å². The van der Waals surface area contributed by atoms with Crippen LogP contribution in [-0.4, -0.2) is 60.4 Å². The molecule has 0 spiro atoms. The lowest BCUT2D eigenvalue weighted by Crippen LogP contribution is -2.38. The summed E-state index contributed by atoms with van der Waals surface area (Å²) in [5, 5.41) is 0. The van der Waals surface area contributed by atoms with Crippen molar-refractivity contribution in [2.24, 2.45) is 0 Å². The Balaban J connectivity index is 1.49. The first-order valence-electron chi connectivity index (χ1n) is 13.8. The second-order valence-corrected chi connectivity index (χ2v) is 10.1. The maximum atomic E-state index is 15.2. The maximum absolute atomic E-state index is 15.2. The lowest BCUT2D eigenvalue weighted by Gasteiger charge is -2.32. The third kappa shape index (κ3) is 6.99. The van der Waals surface area contributed by atoms with Crippen LogP contribution in [0.2, 0.25) is 0 Å². The topological polar surface area (TPSA) is 72.8 Å². The van der Waals surface area contributed by atoms with E-state index in [0.717, 1.165) is 41.3 Å². The van der Waals surface area contributed by atoms with Gasteiger partial charge in [0.15, 0.2) is 0 Å². The van der Waals surface area contributed by atoms with Gasteiger partial charge in [-0.1, -0.05) is 24.3 Å². The molecule has 8 nitrogen and oxygen atoms in total. The Morgan fingerprint density at radius 1 is 0.902 bits per heavy atom. The number of hydrogen-bond donors (Lipinski definition) is 0. The minimum absolute atomic E-state index is 0.0785. The number of aryl methyl sites for hydroxylation is 1. The van der Waals surface area contributed by atoms with Crippen molar-refractivity contribution in [3.05, 3.63) is 95.3 Å². The summed E-state index contributed by atoms with van der Waals surface area (Å²) in [4.78, 5) is 18.0. The molecule has 0 amide bonds. The van der Waals surface area contributed by atoms with Gasteiger partial charge in [0.2, 0.25) is 5.95 Å². The van der Waals surface area contributed by atoms with Crippen LogP contribution in [0.3, 0.4) is 0 Å². The number of methoxy groups -OCH3 is 2. The summed E-state index contributed by atoms with van der Waals surface area (Å²) in [6.07, 6.45) is 1.62. The summed E-state index contributed by atoms with van der Waals surface area (Å²) in [7, 11) is 3.31. The van der Waals surface area contributed by atoms with Crippen LogP contribution in [0, 0.1) is 12.9 Å². The highest BCUT2D eigenvalue weighted by Gasteiger charge is 2.22. The molecule has 0 N–H and O–H groups in total. The van der Waals surface area contributed by atoms with Crippen molar-refractivity contribution in [3.63, 3.8) is 0 Å². The fraction of sp³-hybridized carbons (Fsp3) is 0.344. The van der Waals surface area contributed by atoms with Gasteiger partial charge in [-0.25, -0.2) is 15.0 Å². The lowest BCUT2D eigenvalue weighted by atomic mass is 10.0.